The highest BCUT2D eigenvalue weighted by Gasteiger charge is 2.07. The van der Waals surface area contributed by atoms with Gasteiger partial charge in [0.25, 0.3) is 0 Å². The van der Waals surface area contributed by atoms with Gasteiger partial charge < -0.3 is 5.73 Å². The van der Waals surface area contributed by atoms with Crippen LogP contribution in [-0.2, 0) is 11.2 Å². The SMILES string of the molecule is CC(CSCCc1ccccc1)C(N)=O. The maximum atomic E-state index is 10.8. The number of hydrogen-bond acceptors (Lipinski definition) is 2. The van der Waals surface area contributed by atoms with Crippen molar-refractivity contribution in [2.75, 3.05) is 11.5 Å². The second kappa shape index (κ2) is 6.51. The monoisotopic (exact) mass is 223 g/mol. The fraction of sp³-hybridized carbons (Fsp3) is 0.417. The molecule has 3 heteroatoms. The Labute approximate surface area is 95.2 Å². The van der Waals surface area contributed by atoms with Gasteiger partial charge in [-0.3, -0.25) is 4.79 Å². The molecule has 1 atom stereocenters. The van der Waals surface area contributed by atoms with Crippen LogP contribution in [0.15, 0.2) is 30.3 Å². The van der Waals surface area contributed by atoms with Gasteiger partial charge >= 0.3 is 0 Å². The largest absolute Gasteiger partial charge is 0.369 e. The van der Waals surface area contributed by atoms with Crippen LogP contribution in [0.25, 0.3) is 0 Å². The minimum atomic E-state index is -0.206. The summed E-state index contributed by atoms with van der Waals surface area (Å²) in [7, 11) is 0. The summed E-state index contributed by atoms with van der Waals surface area (Å²) in [6.07, 6.45) is 1.05. The molecule has 0 spiro atoms. The molecule has 0 aliphatic rings. The van der Waals surface area contributed by atoms with Crippen molar-refractivity contribution in [3.05, 3.63) is 35.9 Å². The first-order chi connectivity index (χ1) is 7.20. The molecular weight excluding hydrogens is 206 g/mol. The average molecular weight is 223 g/mol. The molecule has 0 saturated carbocycles. The lowest BCUT2D eigenvalue weighted by molar-refractivity contribution is -0.120. The minimum absolute atomic E-state index is 0.0224. The molecule has 0 aliphatic carbocycles. The zero-order valence-corrected chi connectivity index (χ0v) is 9.80. The molecule has 1 unspecified atom stereocenters. The molecule has 0 saturated heterocycles. The summed E-state index contributed by atoms with van der Waals surface area (Å²) in [5.41, 5.74) is 6.52. The van der Waals surface area contributed by atoms with Gasteiger partial charge in [-0.25, -0.2) is 0 Å². The summed E-state index contributed by atoms with van der Waals surface area (Å²) in [4.78, 5) is 10.8. The lowest BCUT2D eigenvalue weighted by Gasteiger charge is -2.06. The Morgan fingerprint density at radius 2 is 2.07 bits per heavy atom. The van der Waals surface area contributed by atoms with E-state index in [0.29, 0.717) is 0 Å². The third-order valence-electron chi connectivity index (χ3n) is 2.23. The Morgan fingerprint density at radius 1 is 1.40 bits per heavy atom. The van der Waals surface area contributed by atoms with Crippen molar-refractivity contribution >= 4 is 17.7 Å². The summed E-state index contributed by atoms with van der Waals surface area (Å²) in [5.74, 6) is 1.64. The van der Waals surface area contributed by atoms with Crippen LogP contribution in [0, 0.1) is 5.92 Å². The van der Waals surface area contributed by atoms with E-state index >= 15 is 0 Å². The van der Waals surface area contributed by atoms with Crippen LogP contribution < -0.4 is 5.73 Å². The van der Waals surface area contributed by atoms with Crippen LogP contribution in [0.5, 0.6) is 0 Å². The first-order valence-corrected chi connectivity index (χ1v) is 6.26. The maximum Gasteiger partial charge on any atom is 0.221 e. The molecule has 1 aromatic rings. The quantitative estimate of drug-likeness (QED) is 0.750. The van der Waals surface area contributed by atoms with Crippen molar-refractivity contribution in [3.8, 4) is 0 Å². The molecule has 0 fully saturated rings. The summed E-state index contributed by atoms with van der Waals surface area (Å²) < 4.78 is 0. The number of benzene rings is 1. The summed E-state index contributed by atoms with van der Waals surface area (Å²) in [6, 6.07) is 10.4. The lowest BCUT2D eigenvalue weighted by atomic mass is 10.2. The van der Waals surface area contributed by atoms with E-state index < -0.39 is 0 Å². The zero-order chi connectivity index (χ0) is 11.1. The van der Waals surface area contributed by atoms with E-state index in [0.717, 1.165) is 17.9 Å². The van der Waals surface area contributed by atoms with Crippen molar-refractivity contribution in [1.29, 1.82) is 0 Å². The van der Waals surface area contributed by atoms with Crippen molar-refractivity contribution in [2.24, 2.45) is 11.7 Å². The number of primary amides is 1. The normalized spacial score (nSPS) is 12.3. The van der Waals surface area contributed by atoms with Crippen LogP contribution in [0.3, 0.4) is 0 Å². The molecule has 0 bridgehead atoms. The van der Waals surface area contributed by atoms with Gasteiger partial charge in [0.15, 0.2) is 0 Å². The van der Waals surface area contributed by atoms with Gasteiger partial charge in [0.05, 0.1) is 0 Å². The molecule has 0 radical (unpaired) electrons. The van der Waals surface area contributed by atoms with E-state index in [1.807, 2.05) is 25.1 Å². The number of carbonyl (C=O) groups is 1. The molecule has 2 nitrogen and oxygen atoms in total. The fourth-order valence-corrected chi connectivity index (χ4v) is 2.24. The number of amides is 1. The van der Waals surface area contributed by atoms with Crippen molar-refractivity contribution in [1.82, 2.24) is 0 Å². The number of thioether (sulfide) groups is 1. The minimum Gasteiger partial charge on any atom is -0.369 e. The van der Waals surface area contributed by atoms with Crippen LogP contribution >= 0.6 is 11.8 Å². The highest BCUT2D eigenvalue weighted by molar-refractivity contribution is 7.99. The predicted octanol–water partition coefficient (Wildman–Crippen LogP) is 2.08. The van der Waals surface area contributed by atoms with Gasteiger partial charge in [0.1, 0.15) is 0 Å². The Kier molecular flexibility index (Phi) is 5.26. The second-order valence-electron chi connectivity index (χ2n) is 3.61. The van der Waals surface area contributed by atoms with Crippen LogP contribution in [0.4, 0.5) is 0 Å². The highest BCUT2D eigenvalue weighted by atomic mass is 32.2. The van der Waals surface area contributed by atoms with Gasteiger partial charge in [-0.05, 0) is 17.7 Å². The molecule has 0 aromatic heterocycles. The molecule has 82 valence electrons. The van der Waals surface area contributed by atoms with Gasteiger partial charge in [-0.15, -0.1) is 0 Å². The predicted molar refractivity (Wildman–Crippen MR) is 65.8 cm³/mol. The summed E-state index contributed by atoms with van der Waals surface area (Å²) in [6.45, 7) is 1.87. The maximum absolute atomic E-state index is 10.8. The van der Waals surface area contributed by atoms with Gasteiger partial charge in [0, 0.05) is 11.7 Å². The Balaban J connectivity index is 2.15. The number of carbonyl (C=O) groups excluding carboxylic acids is 1. The van der Waals surface area contributed by atoms with Gasteiger partial charge in [-0.1, -0.05) is 37.3 Å². The molecule has 0 aliphatic heterocycles. The molecule has 15 heavy (non-hydrogen) atoms. The van der Waals surface area contributed by atoms with E-state index in [1.54, 1.807) is 11.8 Å². The zero-order valence-electron chi connectivity index (χ0n) is 8.98. The third kappa shape index (κ3) is 4.88. The number of hydrogen-bond donors (Lipinski definition) is 1. The standard InChI is InChI=1S/C12H17NOS/c1-10(12(13)14)9-15-8-7-11-5-3-2-4-6-11/h2-6,10H,7-9H2,1H3,(H2,13,14). The molecular formula is C12H17NOS. The molecule has 0 heterocycles. The van der Waals surface area contributed by atoms with Crippen molar-refractivity contribution in [3.63, 3.8) is 0 Å². The molecule has 1 aromatic carbocycles. The van der Waals surface area contributed by atoms with E-state index in [2.05, 4.69) is 12.1 Å². The van der Waals surface area contributed by atoms with E-state index in [1.165, 1.54) is 5.56 Å². The van der Waals surface area contributed by atoms with E-state index in [9.17, 15) is 4.79 Å². The summed E-state index contributed by atoms with van der Waals surface area (Å²) >= 11 is 1.78. The van der Waals surface area contributed by atoms with Gasteiger partial charge in [0.2, 0.25) is 5.91 Å². The fourth-order valence-electron chi connectivity index (χ4n) is 1.18. The van der Waals surface area contributed by atoms with Gasteiger partial charge in [-0.2, -0.15) is 11.8 Å². The molecule has 2 N–H and O–H groups in total. The third-order valence-corrected chi connectivity index (χ3v) is 3.46. The Hall–Kier alpha value is -0.960. The van der Waals surface area contributed by atoms with Crippen LogP contribution in [-0.4, -0.2) is 17.4 Å². The van der Waals surface area contributed by atoms with E-state index in [-0.39, 0.29) is 11.8 Å². The van der Waals surface area contributed by atoms with E-state index in [4.69, 9.17) is 5.73 Å². The average Bonchev–Trinajstić information content (AvgIpc) is 2.25. The molecule has 1 rings (SSSR count). The molecule has 1 amide bonds. The summed E-state index contributed by atoms with van der Waals surface area (Å²) in [5, 5.41) is 0. The first-order valence-electron chi connectivity index (χ1n) is 5.11. The van der Waals surface area contributed by atoms with Crippen LogP contribution in [0.1, 0.15) is 12.5 Å². The Morgan fingerprint density at radius 3 is 2.67 bits per heavy atom. The Bertz CT molecular complexity index is 300. The number of rotatable bonds is 6. The van der Waals surface area contributed by atoms with Crippen LogP contribution in [0.2, 0.25) is 0 Å². The lowest BCUT2D eigenvalue weighted by Crippen LogP contribution is -2.22. The number of nitrogens with two attached hydrogens (primary N) is 1. The first kappa shape index (κ1) is 12.1. The smallest absolute Gasteiger partial charge is 0.221 e. The highest BCUT2D eigenvalue weighted by Crippen LogP contribution is 2.10. The van der Waals surface area contributed by atoms with Crippen molar-refractivity contribution < 1.29 is 4.79 Å². The topological polar surface area (TPSA) is 43.1 Å². The number of aryl methyl sites for hydroxylation is 1. The second-order valence-corrected chi connectivity index (χ2v) is 4.76. The van der Waals surface area contributed by atoms with Crippen molar-refractivity contribution in [2.45, 2.75) is 13.3 Å².